The molecule has 0 unspecified atom stereocenters. The number of aromatic hydroxyl groups is 1. The Hall–Kier alpha value is -2.66. The molecule has 1 heterocycles. The van der Waals surface area contributed by atoms with Gasteiger partial charge < -0.3 is 15.7 Å². The molecule has 0 atom stereocenters. The Bertz CT molecular complexity index is 739. The van der Waals surface area contributed by atoms with Crippen molar-refractivity contribution in [1.82, 2.24) is 10.2 Å². The smallest absolute Gasteiger partial charge is 0.150 e. The summed E-state index contributed by atoms with van der Waals surface area (Å²) in [4.78, 5) is 0. The van der Waals surface area contributed by atoms with Crippen LogP contribution in [0.5, 0.6) is 5.75 Å². The van der Waals surface area contributed by atoms with Gasteiger partial charge in [-0.2, -0.15) is 5.10 Å². The first kappa shape index (κ1) is 13.3. The fourth-order valence-electron chi connectivity index (χ4n) is 1.89. The van der Waals surface area contributed by atoms with E-state index in [9.17, 15) is 5.11 Å². The van der Waals surface area contributed by atoms with Gasteiger partial charge in [0.05, 0.1) is 6.20 Å². The highest BCUT2D eigenvalue weighted by molar-refractivity contribution is 6.30. The minimum Gasteiger partial charge on any atom is -0.508 e. The number of aromatic nitrogens is 2. The highest BCUT2D eigenvalue weighted by Gasteiger charge is 2.06. The number of benzene rings is 2. The van der Waals surface area contributed by atoms with Crippen molar-refractivity contribution in [3.05, 3.63) is 59.8 Å². The Balaban J connectivity index is 1.79. The molecule has 6 heteroatoms. The summed E-state index contributed by atoms with van der Waals surface area (Å²) in [5.41, 5.74) is 2.51. The average Bonchev–Trinajstić information content (AvgIpc) is 2.89. The summed E-state index contributed by atoms with van der Waals surface area (Å²) in [5, 5.41) is 23.3. The summed E-state index contributed by atoms with van der Waals surface area (Å²) in [6.45, 7) is 0. The van der Waals surface area contributed by atoms with E-state index in [0.717, 1.165) is 22.9 Å². The Morgan fingerprint density at radius 2 is 1.81 bits per heavy atom. The molecule has 0 fully saturated rings. The predicted molar refractivity (Wildman–Crippen MR) is 84.7 cm³/mol. The molecule has 0 amide bonds. The number of aromatic amines is 1. The lowest BCUT2D eigenvalue weighted by Gasteiger charge is -2.09. The van der Waals surface area contributed by atoms with E-state index in [1.165, 1.54) is 0 Å². The third-order valence-corrected chi connectivity index (χ3v) is 3.11. The number of hydrogen-bond acceptors (Lipinski definition) is 4. The van der Waals surface area contributed by atoms with Gasteiger partial charge in [-0.3, -0.25) is 5.10 Å². The van der Waals surface area contributed by atoms with Crippen molar-refractivity contribution in [1.29, 1.82) is 0 Å². The zero-order chi connectivity index (χ0) is 14.7. The molecule has 0 saturated heterocycles. The van der Waals surface area contributed by atoms with Gasteiger partial charge in [0.25, 0.3) is 0 Å². The van der Waals surface area contributed by atoms with Crippen molar-refractivity contribution in [2.75, 3.05) is 10.6 Å². The van der Waals surface area contributed by atoms with E-state index in [1.807, 2.05) is 24.3 Å². The Morgan fingerprint density at radius 1 is 1.00 bits per heavy atom. The predicted octanol–water partition coefficient (Wildman–Crippen LogP) is 4.26. The van der Waals surface area contributed by atoms with Crippen molar-refractivity contribution >= 4 is 34.5 Å². The van der Waals surface area contributed by atoms with E-state index < -0.39 is 0 Å². The van der Waals surface area contributed by atoms with Gasteiger partial charge in [-0.1, -0.05) is 17.7 Å². The molecule has 4 N–H and O–H groups in total. The first-order valence-corrected chi connectivity index (χ1v) is 6.70. The zero-order valence-corrected chi connectivity index (χ0v) is 11.7. The Morgan fingerprint density at radius 3 is 2.57 bits per heavy atom. The summed E-state index contributed by atoms with van der Waals surface area (Å²) < 4.78 is 0. The summed E-state index contributed by atoms with van der Waals surface area (Å²) in [6.07, 6.45) is 1.68. The fraction of sp³-hybridized carbons (Fsp3) is 0. The molecular formula is C15H13ClN4O. The van der Waals surface area contributed by atoms with Crippen molar-refractivity contribution in [2.45, 2.75) is 0 Å². The van der Waals surface area contributed by atoms with Crippen molar-refractivity contribution < 1.29 is 5.11 Å². The zero-order valence-electron chi connectivity index (χ0n) is 11.0. The second-order valence-electron chi connectivity index (χ2n) is 4.47. The van der Waals surface area contributed by atoms with Gasteiger partial charge in [0.2, 0.25) is 0 Å². The number of hydrogen-bond donors (Lipinski definition) is 4. The maximum Gasteiger partial charge on any atom is 0.150 e. The molecule has 3 aromatic rings. The molecule has 0 spiro atoms. The third-order valence-electron chi connectivity index (χ3n) is 2.88. The molecule has 0 saturated carbocycles. The van der Waals surface area contributed by atoms with Gasteiger partial charge in [0, 0.05) is 16.4 Å². The van der Waals surface area contributed by atoms with Crippen LogP contribution in [0.4, 0.5) is 22.9 Å². The molecular weight excluding hydrogens is 288 g/mol. The molecule has 1 aromatic heterocycles. The van der Waals surface area contributed by atoms with Crippen molar-refractivity contribution in [3.8, 4) is 5.75 Å². The van der Waals surface area contributed by atoms with Crippen LogP contribution in [0.15, 0.2) is 54.7 Å². The first-order valence-electron chi connectivity index (χ1n) is 6.33. The highest BCUT2D eigenvalue weighted by Crippen LogP contribution is 2.27. The Labute approximate surface area is 126 Å². The van der Waals surface area contributed by atoms with Gasteiger partial charge in [-0.05, 0) is 42.5 Å². The van der Waals surface area contributed by atoms with E-state index in [-0.39, 0.29) is 5.75 Å². The molecule has 0 aliphatic heterocycles. The molecule has 0 radical (unpaired) electrons. The van der Waals surface area contributed by atoms with Gasteiger partial charge in [-0.25, -0.2) is 0 Å². The number of phenols is 1. The third kappa shape index (κ3) is 3.27. The van der Waals surface area contributed by atoms with Crippen LogP contribution < -0.4 is 10.6 Å². The van der Waals surface area contributed by atoms with E-state index >= 15 is 0 Å². The molecule has 3 rings (SSSR count). The largest absolute Gasteiger partial charge is 0.508 e. The van der Waals surface area contributed by atoms with Crippen LogP contribution in [-0.2, 0) is 0 Å². The second kappa shape index (κ2) is 5.76. The number of nitrogens with zero attached hydrogens (tertiary/aromatic N) is 1. The average molecular weight is 301 g/mol. The molecule has 0 aliphatic carbocycles. The number of anilines is 4. The summed E-state index contributed by atoms with van der Waals surface area (Å²) in [6, 6.07) is 14.2. The minimum absolute atomic E-state index is 0.224. The van der Waals surface area contributed by atoms with Crippen LogP contribution in [0.3, 0.4) is 0 Å². The van der Waals surface area contributed by atoms with Crippen LogP contribution in [-0.4, -0.2) is 15.3 Å². The van der Waals surface area contributed by atoms with Gasteiger partial charge in [-0.15, -0.1) is 0 Å². The minimum atomic E-state index is 0.224. The van der Waals surface area contributed by atoms with Crippen LogP contribution in [0.1, 0.15) is 0 Å². The maximum absolute atomic E-state index is 9.29. The summed E-state index contributed by atoms with van der Waals surface area (Å²) in [5.74, 6) is 0.947. The monoisotopic (exact) mass is 300 g/mol. The number of halogens is 1. The molecule has 0 aliphatic rings. The number of nitrogens with one attached hydrogen (secondary N) is 3. The standard InChI is InChI=1S/C15H13ClN4O/c16-10-2-1-3-12(8-10)18-14-9-17-20-15(14)19-11-4-6-13(21)7-5-11/h1-9,18,21H,(H2,17,19,20). The lowest BCUT2D eigenvalue weighted by molar-refractivity contribution is 0.475. The van der Waals surface area contributed by atoms with Crippen LogP contribution in [0.2, 0.25) is 5.02 Å². The SMILES string of the molecule is Oc1ccc(Nc2[nH]ncc2Nc2cccc(Cl)c2)cc1. The van der Waals surface area contributed by atoms with Crippen LogP contribution in [0, 0.1) is 0 Å². The number of rotatable bonds is 4. The Kier molecular flexibility index (Phi) is 3.66. The van der Waals surface area contributed by atoms with Gasteiger partial charge >= 0.3 is 0 Å². The van der Waals surface area contributed by atoms with E-state index in [0.29, 0.717) is 5.02 Å². The summed E-state index contributed by atoms with van der Waals surface area (Å²) >= 11 is 5.97. The normalized spacial score (nSPS) is 10.3. The lowest BCUT2D eigenvalue weighted by Crippen LogP contribution is -1.96. The molecule has 21 heavy (non-hydrogen) atoms. The molecule has 106 valence electrons. The van der Waals surface area contributed by atoms with Gasteiger partial charge in [0.1, 0.15) is 17.3 Å². The molecule has 0 bridgehead atoms. The van der Waals surface area contributed by atoms with E-state index in [2.05, 4.69) is 20.8 Å². The fourth-order valence-corrected chi connectivity index (χ4v) is 2.08. The topological polar surface area (TPSA) is 73.0 Å². The molecule has 5 nitrogen and oxygen atoms in total. The number of phenolic OH excluding ortho intramolecular Hbond substituents is 1. The van der Waals surface area contributed by atoms with Crippen LogP contribution in [0.25, 0.3) is 0 Å². The number of H-pyrrole nitrogens is 1. The first-order chi connectivity index (χ1) is 10.2. The van der Waals surface area contributed by atoms with Crippen LogP contribution >= 0.6 is 11.6 Å². The second-order valence-corrected chi connectivity index (χ2v) is 4.90. The van der Waals surface area contributed by atoms with Gasteiger partial charge in [0.15, 0.2) is 0 Å². The quantitative estimate of drug-likeness (QED) is 0.543. The van der Waals surface area contributed by atoms with Crippen molar-refractivity contribution in [3.63, 3.8) is 0 Å². The van der Waals surface area contributed by atoms with Crippen molar-refractivity contribution in [2.24, 2.45) is 0 Å². The van der Waals surface area contributed by atoms with E-state index in [1.54, 1.807) is 30.5 Å². The lowest BCUT2D eigenvalue weighted by atomic mass is 10.3. The molecule has 2 aromatic carbocycles. The van der Waals surface area contributed by atoms with E-state index in [4.69, 9.17) is 11.6 Å². The highest BCUT2D eigenvalue weighted by atomic mass is 35.5. The maximum atomic E-state index is 9.29. The summed E-state index contributed by atoms with van der Waals surface area (Å²) in [7, 11) is 0.